The SMILES string of the molecule is N#Cc1cccc(-c2nc(C(=O)O)cc3c2[nH]c2ccccc23)c1. The van der Waals surface area contributed by atoms with E-state index in [1.807, 2.05) is 30.3 Å². The summed E-state index contributed by atoms with van der Waals surface area (Å²) in [4.78, 5) is 19.1. The summed E-state index contributed by atoms with van der Waals surface area (Å²) < 4.78 is 0. The van der Waals surface area contributed by atoms with Gasteiger partial charge in [-0.1, -0.05) is 30.3 Å². The highest BCUT2D eigenvalue weighted by atomic mass is 16.4. The Hall–Kier alpha value is -3.65. The summed E-state index contributed by atoms with van der Waals surface area (Å²) in [6.45, 7) is 0. The van der Waals surface area contributed by atoms with Gasteiger partial charge in [-0.25, -0.2) is 9.78 Å². The summed E-state index contributed by atoms with van der Waals surface area (Å²) in [6.07, 6.45) is 0. The zero-order valence-electron chi connectivity index (χ0n) is 12.4. The van der Waals surface area contributed by atoms with Crippen LogP contribution in [0.5, 0.6) is 0 Å². The number of H-pyrrole nitrogens is 1. The number of aromatic amines is 1. The van der Waals surface area contributed by atoms with Crippen molar-refractivity contribution in [1.29, 1.82) is 5.26 Å². The minimum absolute atomic E-state index is 0.0235. The average Bonchev–Trinajstić information content (AvgIpc) is 2.99. The lowest BCUT2D eigenvalue weighted by molar-refractivity contribution is 0.0691. The van der Waals surface area contributed by atoms with Crippen molar-refractivity contribution in [2.24, 2.45) is 0 Å². The first kappa shape index (κ1) is 14.0. The van der Waals surface area contributed by atoms with Gasteiger partial charge in [0.05, 0.1) is 22.8 Å². The van der Waals surface area contributed by atoms with Gasteiger partial charge in [0, 0.05) is 21.9 Å². The number of nitrogens with zero attached hydrogens (tertiary/aromatic N) is 2. The molecule has 0 saturated heterocycles. The Kier molecular flexibility index (Phi) is 3.04. The minimum atomic E-state index is -1.08. The number of hydrogen-bond acceptors (Lipinski definition) is 3. The van der Waals surface area contributed by atoms with Crippen LogP contribution in [0.15, 0.2) is 54.6 Å². The van der Waals surface area contributed by atoms with Gasteiger partial charge in [0.25, 0.3) is 0 Å². The van der Waals surface area contributed by atoms with Crippen molar-refractivity contribution in [2.75, 3.05) is 0 Å². The summed E-state index contributed by atoms with van der Waals surface area (Å²) >= 11 is 0. The molecule has 0 aliphatic carbocycles. The van der Waals surface area contributed by atoms with Crippen LogP contribution in [0.25, 0.3) is 33.1 Å². The molecule has 2 N–H and O–H groups in total. The number of nitrogens with one attached hydrogen (secondary N) is 1. The maximum absolute atomic E-state index is 11.5. The first-order valence-electron chi connectivity index (χ1n) is 7.32. The third-order valence-electron chi connectivity index (χ3n) is 3.98. The molecule has 0 unspecified atom stereocenters. The Bertz CT molecular complexity index is 1150. The van der Waals surface area contributed by atoms with Gasteiger partial charge < -0.3 is 10.1 Å². The van der Waals surface area contributed by atoms with Gasteiger partial charge in [-0.3, -0.25) is 0 Å². The molecule has 0 fully saturated rings. The molecule has 4 aromatic rings. The number of nitriles is 1. The summed E-state index contributed by atoms with van der Waals surface area (Å²) in [5.41, 5.74) is 3.38. The number of pyridine rings is 1. The predicted octanol–water partition coefficient (Wildman–Crippen LogP) is 3.95. The second kappa shape index (κ2) is 5.21. The number of aromatic nitrogens is 2. The fourth-order valence-corrected chi connectivity index (χ4v) is 2.90. The summed E-state index contributed by atoms with van der Waals surface area (Å²) in [5.74, 6) is -1.08. The van der Waals surface area contributed by atoms with Crippen LogP contribution in [0.2, 0.25) is 0 Å². The van der Waals surface area contributed by atoms with Crippen LogP contribution in [0.3, 0.4) is 0 Å². The summed E-state index contributed by atoms with van der Waals surface area (Å²) in [5, 5.41) is 20.2. The molecule has 2 aromatic carbocycles. The van der Waals surface area contributed by atoms with E-state index in [9.17, 15) is 9.90 Å². The fraction of sp³-hybridized carbons (Fsp3) is 0. The van der Waals surface area contributed by atoms with E-state index >= 15 is 0 Å². The lowest BCUT2D eigenvalue weighted by Crippen LogP contribution is -2.01. The lowest BCUT2D eigenvalue weighted by Gasteiger charge is -2.05. The number of carboxylic acid groups (broad SMARTS) is 1. The zero-order chi connectivity index (χ0) is 16.7. The van der Waals surface area contributed by atoms with E-state index in [1.54, 1.807) is 24.3 Å². The molecule has 5 nitrogen and oxygen atoms in total. The van der Waals surface area contributed by atoms with Crippen LogP contribution in [-0.4, -0.2) is 21.0 Å². The predicted molar refractivity (Wildman–Crippen MR) is 90.7 cm³/mol. The third-order valence-corrected chi connectivity index (χ3v) is 3.98. The van der Waals surface area contributed by atoms with Crippen molar-refractivity contribution in [2.45, 2.75) is 0 Å². The molecule has 0 aliphatic heterocycles. The van der Waals surface area contributed by atoms with Crippen LogP contribution in [0.1, 0.15) is 16.1 Å². The van der Waals surface area contributed by atoms with Gasteiger partial charge in [-0.05, 0) is 24.3 Å². The molecule has 24 heavy (non-hydrogen) atoms. The van der Waals surface area contributed by atoms with E-state index in [-0.39, 0.29) is 5.69 Å². The highest BCUT2D eigenvalue weighted by Gasteiger charge is 2.16. The molecular weight excluding hydrogens is 302 g/mol. The van der Waals surface area contributed by atoms with Crippen LogP contribution in [0, 0.1) is 11.3 Å². The van der Waals surface area contributed by atoms with Gasteiger partial charge in [-0.2, -0.15) is 5.26 Å². The highest BCUT2D eigenvalue weighted by molar-refractivity contribution is 6.12. The smallest absolute Gasteiger partial charge is 0.354 e. The van der Waals surface area contributed by atoms with E-state index in [0.717, 1.165) is 21.8 Å². The van der Waals surface area contributed by atoms with Crippen molar-refractivity contribution in [1.82, 2.24) is 9.97 Å². The third kappa shape index (κ3) is 2.09. The van der Waals surface area contributed by atoms with Gasteiger partial charge in [0.15, 0.2) is 0 Å². The first-order chi connectivity index (χ1) is 11.7. The topological polar surface area (TPSA) is 89.8 Å². The van der Waals surface area contributed by atoms with E-state index in [2.05, 4.69) is 16.0 Å². The van der Waals surface area contributed by atoms with Crippen molar-refractivity contribution in [3.8, 4) is 17.3 Å². The summed E-state index contributed by atoms with van der Waals surface area (Å²) in [6, 6.07) is 18.4. The molecule has 2 heterocycles. The van der Waals surface area contributed by atoms with Crippen molar-refractivity contribution < 1.29 is 9.90 Å². The number of hydrogen-bond donors (Lipinski definition) is 2. The maximum atomic E-state index is 11.5. The molecule has 0 bridgehead atoms. The molecule has 5 heteroatoms. The van der Waals surface area contributed by atoms with E-state index in [4.69, 9.17) is 5.26 Å². The van der Waals surface area contributed by atoms with Crippen molar-refractivity contribution in [3.63, 3.8) is 0 Å². The number of fused-ring (bicyclic) bond motifs is 3. The molecule has 2 aromatic heterocycles. The van der Waals surface area contributed by atoms with E-state index in [1.165, 1.54) is 0 Å². The van der Waals surface area contributed by atoms with Gasteiger partial charge >= 0.3 is 5.97 Å². The number of carboxylic acids is 1. The fourth-order valence-electron chi connectivity index (χ4n) is 2.90. The van der Waals surface area contributed by atoms with Crippen molar-refractivity contribution >= 4 is 27.8 Å². The van der Waals surface area contributed by atoms with Crippen LogP contribution in [-0.2, 0) is 0 Å². The molecule has 114 valence electrons. The second-order valence-electron chi connectivity index (χ2n) is 5.45. The molecule has 0 spiro atoms. The summed E-state index contributed by atoms with van der Waals surface area (Å²) in [7, 11) is 0. The normalized spacial score (nSPS) is 10.8. The van der Waals surface area contributed by atoms with Gasteiger partial charge in [-0.15, -0.1) is 0 Å². The van der Waals surface area contributed by atoms with Gasteiger partial charge in [0.1, 0.15) is 5.69 Å². The first-order valence-corrected chi connectivity index (χ1v) is 7.32. The molecular formula is C19H11N3O2. The number of rotatable bonds is 2. The average molecular weight is 313 g/mol. The number of carbonyl (C=O) groups is 1. The molecule has 0 radical (unpaired) electrons. The Labute approximate surface area is 136 Å². The number of benzene rings is 2. The molecule has 0 amide bonds. The van der Waals surface area contributed by atoms with Gasteiger partial charge in [0.2, 0.25) is 0 Å². The van der Waals surface area contributed by atoms with Crippen LogP contribution >= 0.6 is 0 Å². The largest absolute Gasteiger partial charge is 0.477 e. The van der Waals surface area contributed by atoms with E-state index < -0.39 is 5.97 Å². The monoisotopic (exact) mass is 313 g/mol. The number of para-hydroxylation sites is 1. The Morgan fingerprint density at radius 1 is 1.08 bits per heavy atom. The second-order valence-corrected chi connectivity index (χ2v) is 5.45. The van der Waals surface area contributed by atoms with Crippen LogP contribution < -0.4 is 0 Å². The van der Waals surface area contributed by atoms with E-state index in [0.29, 0.717) is 16.8 Å². The Balaban J connectivity index is 2.13. The molecule has 0 saturated carbocycles. The molecule has 0 atom stereocenters. The molecule has 0 aliphatic rings. The quantitative estimate of drug-likeness (QED) is 0.586. The standard InChI is InChI=1S/C19H11N3O2/c20-10-11-4-3-5-12(8-11)17-18-14(9-16(22-17)19(23)24)13-6-1-2-7-15(13)21-18/h1-9,21H,(H,23,24). The zero-order valence-corrected chi connectivity index (χ0v) is 12.4. The Morgan fingerprint density at radius 2 is 1.92 bits per heavy atom. The lowest BCUT2D eigenvalue weighted by atomic mass is 10.0. The van der Waals surface area contributed by atoms with Crippen LogP contribution in [0.4, 0.5) is 0 Å². The number of aromatic carboxylic acids is 1. The van der Waals surface area contributed by atoms with Crippen molar-refractivity contribution in [3.05, 3.63) is 65.9 Å². The Morgan fingerprint density at radius 3 is 2.71 bits per heavy atom. The maximum Gasteiger partial charge on any atom is 0.354 e. The highest BCUT2D eigenvalue weighted by Crippen LogP contribution is 2.32. The molecule has 4 rings (SSSR count). The minimum Gasteiger partial charge on any atom is -0.477 e.